The second-order valence-electron chi connectivity index (χ2n) is 6.37. The molecule has 0 spiro atoms. The second kappa shape index (κ2) is 7.21. The van der Waals surface area contributed by atoms with Gasteiger partial charge in [0.05, 0.1) is 21.6 Å². The molecule has 1 saturated heterocycles. The highest BCUT2D eigenvalue weighted by molar-refractivity contribution is 6.35. The second-order valence-corrected chi connectivity index (χ2v) is 7.22. The normalized spacial score (nSPS) is 16.7. The van der Waals surface area contributed by atoms with Gasteiger partial charge in [0.2, 0.25) is 11.9 Å². The maximum atomic E-state index is 12.9. The average Bonchev–Trinajstić information content (AvgIpc) is 3.29. The molecule has 2 amide bonds. The Morgan fingerprint density at radius 2 is 2.00 bits per heavy atom. The highest BCUT2D eigenvalue weighted by Crippen LogP contribution is 2.27. The standard InChI is InChI=1S/C19H16Cl2N4O2/c20-11-7-8-13(21)12(10-11)18(27)25-9-3-6-16(25)17(26)24-19-22-14-4-1-2-5-15(14)23-19/h1-2,4-5,7-8,10,16H,3,6,9H2,(H2,22,23,24,26). The summed E-state index contributed by atoms with van der Waals surface area (Å²) in [5, 5.41) is 3.51. The molecule has 0 saturated carbocycles. The maximum absolute atomic E-state index is 12.9. The van der Waals surface area contributed by atoms with E-state index in [9.17, 15) is 9.59 Å². The number of hydrogen-bond donors (Lipinski definition) is 2. The van der Waals surface area contributed by atoms with Gasteiger partial charge in [-0.3, -0.25) is 14.9 Å². The Balaban J connectivity index is 1.54. The fourth-order valence-corrected chi connectivity index (χ4v) is 3.68. The van der Waals surface area contributed by atoms with E-state index in [1.54, 1.807) is 12.1 Å². The van der Waals surface area contributed by atoms with E-state index in [2.05, 4.69) is 15.3 Å². The molecule has 1 fully saturated rings. The van der Waals surface area contributed by atoms with Gasteiger partial charge in [-0.1, -0.05) is 35.3 Å². The summed E-state index contributed by atoms with van der Waals surface area (Å²) in [4.78, 5) is 34.6. The Bertz CT molecular complexity index is 1000. The molecule has 27 heavy (non-hydrogen) atoms. The molecule has 2 heterocycles. The highest BCUT2D eigenvalue weighted by Gasteiger charge is 2.35. The van der Waals surface area contributed by atoms with E-state index in [1.807, 2.05) is 24.3 Å². The van der Waals surface area contributed by atoms with Crippen LogP contribution in [-0.2, 0) is 4.79 Å². The Kier molecular flexibility index (Phi) is 4.76. The first-order valence-corrected chi connectivity index (χ1v) is 9.30. The summed E-state index contributed by atoms with van der Waals surface area (Å²) in [6.45, 7) is 0.486. The van der Waals surface area contributed by atoms with E-state index in [4.69, 9.17) is 23.2 Å². The Morgan fingerprint density at radius 1 is 1.19 bits per heavy atom. The number of nitrogens with zero attached hydrogens (tertiary/aromatic N) is 2. The first-order valence-electron chi connectivity index (χ1n) is 8.54. The predicted molar refractivity (Wildman–Crippen MR) is 105 cm³/mol. The average molecular weight is 403 g/mol. The number of carbonyl (C=O) groups excluding carboxylic acids is 2. The molecular formula is C19H16Cl2N4O2. The third-order valence-corrected chi connectivity index (χ3v) is 5.17. The number of carbonyl (C=O) groups is 2. The molecular weight excluding hydrogens is 387 g/mol. The molecule has 2 N–H and O–H groups in total. The van der Waals surface area contributed by atoms with Crippen molar-refractivity contribution in [1.82, 2.24) is 14.9 Å². The molecule has 1 unspecified atom stereocenters. The summed E-state index contributed by atoms with van der Waals surface area (Å²) in [5.74, 6) is -0.218. The van der Waals surface area contributed by atoms with Gasteiger partial charge in [0.25, 0.3) is 5.91 Å². The molecule has 1 aliphatic heterocycles. The van der Waals surface area contributed by atoms with Gasteiger partial charge < -0.3 is 9.88 Å². The molecule has 6 nitrogen and oxygen atoms in total. The summed E-state index contributed by atoms with van der Waals surface area (Å²) in [7, 11) is 0. The number of halogens is 2. The third kappa shape index (κ3) is 3.50. The van der Waals surface area contributed by atoms with Crippen molar-refractivity contribution in [3.05, 3.63) is 58.1 Å². The van der Waals surface area contributed by atoms with Crippen LogP contribution >= 0.6 is 23.2 Å². The Hall–Kier alpha value is -2.57. The fourth-order valence-electron chi connectivity index (χ4n) is 3.31. The number of rotatable bonds is 3. The lowest BCUT2D eigenvalue weighted by Gasteiger charge is -2.24. The summed E-state index contributed by atoms with van der Waals surface area (Å²) < 4.78 is 0. The number of hydrogen-bond acceptors (Lipinski definition) is 3. The van der Waals surface area contributed by atoms with Gasteiger partial charge >= 0.3 is 0 Å². The Labute approximate surface area is 165 Å². The van der Waals surface area contributed by atoms with E-state index in [0.717, 1.165) is 17.5 Å². The first-order chi connectivity index (χ1) is 13.0. The molecule has 1 atom stereocenters. The molecule has 0 radical (unpaired) electrons. The zero-order chi connectivity index (χ0) is 19.0. The number of likely N-dealkylation sites (tertiary alicyclic amines) is 1. The van der Waals surface area contributed by atoms with Crippen molar-refractivity contribution >= 4 is 52.0 Å². The highest BCUT2D eigenvalue weighted by atomic mass is 35.5. The monoisotopic (exact) mass is 402 g/mol. The van der Waals surface area contributed by atoms with Gasteiger partial charge in [-0.25, -0.2) is 4.98 Å². The molecule has 0 aliphatic carbocycles. The van der Waals surface area contributed by atoms with E-state index >= 15 is 0 Å². The van der Waals surface area contributed by atoms with Gasteiger partial charge in [0, 0.05) is 11.6 Å². The molecule has 138 valence electrons. The van der Waals surface area contributed by atoms with E-state index in [0.29, 0.717) is 34.5 Å². The number of para-hydroxylation sites is 2. The van der Waals surface area contributed by atoms with Gasteiger partial charge in [-0.2, -0.15) is 0 Å². The van der Waals surface area contributed by atoms with Crippen LogP contribution in [0.4, 0.5) is 5.95 Å². The van der Waals surface area contributed by atoms with Crippen LogP contribution in [0, 0.1) is 0 Å². The van der Waals surface area contributed by atoms with Crippen LogP contribution in [0.1, 0.15) is 23.2 Å². The zero-order valence-corrected chi connectivity index (χ0v) is 15.7. The van der Waals surface area contributed by atoms with Crippen molar-refractivity contribution in [2.24, 2.45) is 0 Å². The molecule has 1 aromatic heterocycles. The quantitative estimate of drug-likeness (QED) is 0.691. The summed E-state index contributed by atoms with van der Waals surface area (Å²) in [6.07, 6.45) is 1.32. The molecule has 0 bridgehead atoms. The molecule has 2 aromatic carbocycles. The van der Waals surface area contributed by atoms with E-state index < -0.39 is 6.04 Å². The maximum Gasteiger partial charge on any atom is 0.256 e. The van der Waals surface area contributed by atoms with Crippen LogP contribution in [0.25, 0.3) is 11.0 Å². The number of imidazole rings is 1. The number of benzene rings is 2. The van der Waals surface area contributed by atoms with Gasteiger partial charge in [0.1, 0.15) is 6.04 Å². The summed E-state index contributed by atoms with van der Waals surface area (Å²) in [5.41, 5.74) is 1.89. The van der Waals surface area contributed by atoms with Crippen molar-refractivity contribution < 1.29 is 9.59 Å². The topological polar surface area (TPSA) is 78.1 Å². The minimum Gasteiger partial charge on any atom is -0.327 e. The van der Waals surface area contributed by atoms with Crippen molar-refractivity contribution in [3.8, 4) is 0 Å². The summed E-state index contributed by atoms with van der Waals surface area (Å²) in [6, 6.07) is 11.6. The lowest BCUT2D eigenvalue weighted by Crippen LogP contribution is -2.43. The van der Waals surface area contributed by atoms with Crippen molar-refractivity contribution in [1.29, 1.82) is 0 Å². The molecule has 3 aromatic rings. The van der Waals surface area contributed by atoms with Crippen LogP contribution in [0.3, 0.4) is 0 Å². The van der Waals surface area contributed by atoms with Crippen molar-refractivity contribution in [2.45, 2.75) is 18.9 Å². The van der Waals surface area contributed by atoms with Crippen molar-refractivity contribution in [3.63, 3.8) is 0 Å². The molecule has 4 rings (SSSR count). The van der Waals surface area contributed by atoms with Gasteiger partial charge in [-0.15, -0.1) is 0 Å². The fraction of sp³-hybridized carbons (Fsp3) is 0.211. The van der Waals surface area contributed by atoms with Crippen LogP contribution in [0.15, 0.2) is 42.5 Å². The number of nitrogens with one attached hydrogen (secondary N) is 2. The van der Waals surface area contributed by atoms with Gasteiger partial charge in [-0.05, 0) is 43.2 Å². The molecule has 1 aliphatic rings. The largest absolute Gasteiger partial charge is 0.327 e. The third-order valence-electron chi connectivity index (χ3n) is 4.61. The minimum atomic E-state index is -0.583. The van der Waals surface area contributed by atoms with E-state index in [-0.39, 0.29) is 11.8 Å². The first kappa shape index (κ1) is 17.8. The number of amides is 2. The summed E-state index contributed by atoms with van der Waals surface area (Å²) >= 11 is 12.1. The van der Waals surface area contributed by atoms with Crippen molar-refractivity contribution in [2.75, 3.05) is 11.9 Å². The number of aromatic nitrogens is 2. The van der Waals surface area contributed by atoms with Crippen LogP contribution < -0.4 is 5.32 Å². The van der Waals surface area contributed by atoms with Crippen LogP contribution in [0.2, 0.25) is 10.0 Å². The van der Waals surface area contributed by atoms with Crippen LogP contribution in [-0.4, -0.2) is 39.3 Å². The number of H-pyrrole nitrogens is 1. The SMILES string of the molecule is O=C(Nc1nc2ccccc2[nH]1)C1CCCN1C(=O)c1cc(Cl)ccc1Cl. The number of fused-ring (bicyclic) bond motifs is 1. The van der Waals surface area contributed by atoms with Gasteiger partial charge in [0.15, 0.2) is 0 Å². The molecule has 8 heteroatoms. The predicted octanol–water partition coefficient (Wildman–Crippen LogP) is 4.11. The smallest absolute Gasteiger partial charge is 0.256 e. The minimum absolute atomic E-state index is 0.280. The lowest BCUT2D eigenvalue weighted by atomic mass is 10.1. The number of aromatic amines is 1. The van der Waals surface area contributed by atoms with E-state index in [1.165, 1.54) is 11.0 Å². The zero-order valence-electron chi connectivity index (χ0n) is 14.2. The number of anilines is 1. The Morgan fingerprint density at radius 3 is 2.81 bits per heavy atom. The van der Waals surface area contributed by atoms with Crippen LogP contribution in [0.5, 0.6) is 0 Å². The lowest BCUT2D eigenvalue weighted by molar-refractivity contribution is -0.119.